The molecule has 2 amide bonds. The molecule has 212 valence electrons. The zero-order chi connectivity index (χ0) is 29.3. The molecule has 1 aliphatic rings. The van der Waals surface area contributed by atoms with Crippen LogP contribution < -0.4 is 14.4 Å². The van der Waals surface area contributed by atoms with Gasteiger partial charge in [0.15, 0.2) is 0 Å². The van der Waals surface area contributed by atoms with Crippen LogP contribution in [0.25, 0.3) is 0 Å². The Morgan fingerprint density at radius 2 is 1.69 bits per heavy atom. The van der Waals surface area contributed by atoms with Crippen molar-refractivity contribution in [1.82, 2.24) is 4.90 Å². The number of nitro benzene ring substituents is 1. The van der Waals surface area contributed by atoms with Crippen molar-refractivity contribution in [2.75, 3.05) is 25.7 Å². The van der Waals surface area contributed by atoms with Crippen molar-refractivity contribution in [3.63, 3.8) is 0 Å². The summed E-state index contributed by atoms with van der Waals surface area (Å²) >= 11 is 13.2. The van der Waals surface area contributed by atoms with Crippen molar-refractivity contribution >= 4 is 46.4 Å². The predicted octanol–water partition coefficient (Wildman–Crippen LogP) is 7.92. The molecule has 11 heteroatoms. The maximum atomic E-state index is 13.9. The average molecular weight is 580 g/mol. The zero-order valence-corrected chi connectivity index (χ0v) is 25.0. The largest absolute Gasteiger partial charge is 0.495 e. The molecule has 2 aromatic rings. The van der Waals surface area contributed by atoms with Gasteiger partial charge in [-0.2, -0.15) is 0 Å². The van der Waals surface area contributed by atoms with E-state index in [1.807, 2.05) is 26.8 Å². The van der Waals surface area contributed by atoms with Crippen molar-refractivity contribution in [1.29, 1.82) is 0 Å². The van der Waals surface area contributed by atoms with Crippen LogP contribution in [0.3, 0.4) is 0 Å². The second-order valence-corrected chi connectivity index (χ2v) is 9.76. The van der Waals surface area contributed by atoms with Crippen LogP contribution in [-0.2, 0) is 6.54 Å². The molecule has 0 aliphatic carbocycles. The van der Waals surface area contributed by atoms with Gasteiger partial charge in [-0.3, -0.25) is 24.9 Å². The minimum atomic E-state index is -0.476. The molecule has 2 aromatic carbocycles. The van der Waals surface area contributed by atoms with Gasteiger partial charge in [-0.05, 0) is 26.3 Å². The number of hydrogen-bond acceptors (Lipinski definition) is 6. The van der Waals surface area contributed by atoms with Gasteiger partial charge >= 0.3 is 6.03 Å². The van der Waals surface area contributed by atoms with Crippen molar-refractivity contribution in [3.8, 4) is 11.5 Å². The number of anilines is 1. The highest BCUT2D eigenvalue weighted by Crippen LogP contribution is 2.47. The third-order valence-electron chi connectivity index (χ3n) is 5.84. The molecule has 0 aromatic heterocycles. The first-order valence-corrected chi connectivity index (χ1v) is 13.5. The topological polar surface area (TPSA) is 97.5 Å². The molecule has 0 radical (unpaired) electrons. The second kappa shape index (κ2) is 14.7. The van der Waals surface area contributed by atoms with Crippen LogP contribution in [0.15, 0.2) is 47.0 Å². The van der Waals surface area contributed by atoms with E-state index in [0.29, 0.717) is 22.9 Å². The van der Waals surface area contributed by atoms with E-state index in [0.717, 1.165) is 5.57 Å². The molecule has 0 bridgehead atoms. The second-order valence-electron chi connectivity index (χ2n) is 9.00. The molecule has 0 atom stereocenters. The van der Waals surface area contributed by atoms with E-state index >= 15 is 0 Å². The fraction of sp³-hybridized carbons (Fsp3) is 0.429. The number of nitro groups is 1. The Hall–Kier alpha value is -3.30. The van der Waals surface area contributed by atoms with E-state index in [4.69, 9.17) is 37.7 Å². The number of non-ortho nitro benzene ring substituents is 1. The number of urea groups is 1. The van der Waals surface area contributed by atoms with Gasteiger partial charge in [-0.25, -0.2) is 4.79 Å². The number of nitrogens with zero attached hydrogens (tertiary/aromatic N) is 4. The normalized spacial score (nSPS) is 15.5. The van der Waals surface area contributed by atoms with Crippen LogP contribution in [0, 0.1) is 10.1 Å². The summed E-state index contributed by atoms with van der Waals surface area (Å²) in [6, 6.07) is 7.13. The average Bonchev–Trinajstić information content (AvgIpc) is 2.92. The molecule has 9 nitrogen and oxygen atoms in total. The fourth-order valence-corrected chi connectivity index (χ4v) is 4.42. The summed E-state index contributed by atoms with van der Waals surface area (Å²) in [7, 11) is 2.91. The molecular weight excluding hydrogens is 543 g/mol. The van der Waals surface area contributed by atoms with Gasteiger partial charge in [0.1, 0.15) is 27.4 Å². The van der Waals surface area contributed by atoms with Crippen LogP contribution in [0.4, 0.5) is 16.2 Å². The lowest BCUT2D eigenvalue weighted by molar-refractivity contribution is -0.384. The van der Waals surface area contributed by atoms with E-state index in [-0.39, 0.29) is 40.6 Å². The fourth-order valence-electron chi connectivity index (χ4n) is 3.71. The number of halogens is 2. The summed E-state index contributed by atoms with van der Waals surface area (Å²) in [6.45, 7) is 10.2. The van der Waals surface area contributed by atoms with Crippen molar-refractivity contribution in [2.45, 2.75) is 60.0 Å². The maximum Gasteiger partial charge on any atom is 0.330 e. The summed E-state index contributed by atoms with van der Waals surface area (Å²) in [5, 5.41) is 11.6. The lowest BCUT2D eigenvalue weighted by atomic mass is 10.1. The molecule has 39 heavy (non-hydrogen) atoms. The molecule has 1 fully saturated rings. The van der Waals surface area contributed by atoms with E-state index in [2.05, 4.69) is 13.8 Å². The summed E-state index contributed by atoms with van der Waals surface area (Å²) in [5.74, 6) is 1.08. The first kappa shape index (κ1) is 31.9. The van der Waals surface area contributed by atoms with Crippen molar-refractivity contribution in [3.05, 3.63) is 67.7 Å². The highest BCUT2D eigenvalue weighted by atomic mass is 35.5. The summed E-state index contributed by atoms with van der Waals surface area (Å²) in [6.07, 6.45) is 4.50. The lowest BCUT2D eigenvalue weighted by Gasteiger charge is -2.39. The third kappa shape index (κ3) is 7.64. The first-order valence-electron chi connectivity index (χ1n) is 12.7. The monoisotopic (exact) mass is 578 g/mol. The van der Waals surface area contributed by atoms with Crippen molar-refractivity contribution in [2.24, 2.45) is 4.99 Å². The summed E-state index contributed by atoms with van der Waals surface area (Å²) in [4.78, 5) is 32.3. The van der Waals surface area contributed by atoms with E-state index in [9.17, 15) is 14.9 Å². The number of amidine groups is 1. The highest BCUT2D eigenvalue weighted by molar-refractivity contribution is 6.42. The number of carbonyl (C=O) groups is 1. The Kier molecular flexibility index (Phi) is 12.1. The standard InChI is InChI=1S/C24H26Cl2N4O5.C4H10/c1-6-16-13-28(22-20(25)18(34-4)11-19(35-5)21(22)26)24(31)29(23(16)27-14(2)3)12-15-8-7-9-17(10-15)30(32)33;1-3-4-2/h6-11,14H,12-13H2,1-5H3;3-4H2,1-2H3/b16-6-,27-23?;. The summed E-state index contributed by atoms with van der Waals surface area (Å²) in [5.41, 5.74) is 1.50. The number of benzene rings is 2. The number of carbonyl (C=O) groups excluding carboxylic acids is 1. The summed E-state index contributed by atoms with van der Waals surface area (Å²) < 4.78 is 10.7. The van der Waals surface area contributed by atoms with Gasteiger partial charge in [-0.1, -0.05) is 68.1 Å². The predicted molar refractivity (Wildman–Crippen MR) is 158 cm³/mol. The molecule has 0 N–H and O–H groups in total. The number of hydrogen-bond donors (Lipinski definition) is 0. The number of aliphatic imine (C=N–C) groups is 1. The quantitative estimate of drug-likeness (QED) is 0.234. The zero-order valence-electron chi connectivity index (χ0n) is 23.5. The Balaban J connectivity index is 0.00000124. The van der Waals surface area contributed by atoms with Crippen molar-refractivity contribution < 1.29 is 19.2 Å². The highest BCUT2D eigenvalue weighted by Gasteiger charge is 2.38. The Bertz CT molecular complexity index is 1220. The minimum Gasteiger partial charge on any atom is -0.495 e. The van der Waals surface area contributed by atoms with Gasteiger partial charge in [0.2, 0.25) is 0 Å². The van der Waals surface area contributed by atoms with Crippen LogP contribution in [0.1, 0.15) is 53.0 Å². The van der Waals surface area contributed by atoms with Crippen LogP contribution in [0.2, 0.25) is 10.0 Å². The molecule has 1 heterocycles. The number of unbranched alkanes of at least 4 members (excludes halogenated alkanes) is 1. The molecule has 0 saturated carbocycles. The number of rotatable bonds is 8. The van der Waals surface area contributed by atoms with Gasteiger partial charge in [0, 0.05) is 29.8 Å². The Labute approximate surface area is 240 Å². The van der Waals surface area contributed by atoms with E-state index in [1.54, 1.807) is 18.2 Å². The van der Waals surface area contributed by atoms with Crippen LogP contribution in [0.5, 0.6) is 11.5 Å². The van der Waals surface area contributed by atoms with Gasteiger partial charge < -0.3 is 9.47 Å². The Morgan fingerprint density at radius 3 is 2.15 bits per heavy atom. The van der Waals surface area contributed by atoms with E-state index < -0.39 is 11.0 Å². The number of methoxy groups -OCH3 is 2. The smallest absolute Gasteiger partial charge is 0.330 e. The third-order valence-corrected chi connectivity index (χ3v) is 6.58. The molecule has 1 aliphatic heterocycles. The molecule has 0 unspecified atom stereocenters. The molecule has 1 saturated heterocycles. The first-order chi connectivity index (χ1) is 18.5. The minimum absolute atomic E-state index is 0.0518. The molecule has 3 rings (SSSR count). The van der Waals surface area contributed by atoms with Gasteiger partial charge in [0.25, 0.3) is 5.69 Å². The molecular formula is C28H36Cl2N4O5. The van der Waals surface area contributed by atoms with Gasteiger partial charge in [-0.15, -0.1) is 0 Å². The number of amides is 2. The number of allylic oxidation sites excluding steroid dienone is 1. The van der Waals surface area contributed by atoms with Crippen LogP contribution >= 0.6 is 23.2 Å². The number of ether oxygens (including phenoxy) is 2. The SMILES string of the molecule is C/C=C1/CN(c2c(Cl)c(OC)cc(OC)c2Cl)C(=O)N(Cc2cccc([N+](=O)[O-])c2)C1=NC(C)C.CCCC. The van der Waals surface area contributed by atoms with Crippen LogP contribution in [-0.4, -0.2) is 48.5 Å². The molecule has 0 spiro atoms. The van der Waals surface area contributed by atoms with Gasteiger partial charge in [0.05, 0.1) is 37.9 Å². The van der Waals surface area contributed by atoms with E-state index in [1.165, 1.54) is 49.0 Å². The maximum absolute atomic E-state index is 13.9. The Morgan fingerprint density at radius 1 is 1.10 bits per heavy atom. The lowest BCUT2D eigenvalue weighted by Crippen LogP contribution is -2.53.